The van der Waals surface area contributed by atoms with Gasteiger partial charge in [0.05, 0.1) is 6.10 Å². The summed E-state index contributed by atoms with van der Waals surface area (Å²) in [5, 5.41) is 3.26. The molecule has 1 heterocycles. The minimum atomic E-state index is -2.32. The van der Waals surface area contributed by atoms with Crippen LogP contribution in [0.1, 0.15) is 31.9 Å². The molecule has 1 aliphatic heterocycles. The van der Waals surface area contributed by atoms with Crippen molar-refractivity contribution in [3.8, 4) is 5.75 Å². The molecular formula is C16H24F2N2O. The molecular weight excluding hydrogens is 274 g/mol. The van der Waals surface area contributed by atoms with E-state index in [0.717, 1.165) is 37.5 Å². The molecule has 0 aromatic heterocycles. The molecule has 0 aliphatic carbocycles. The predicted molar refractivity (Wildman–Crippen MR) is 80.0 cm³/mol. The van der Waals surface area contributed by atoms with Crippen molar-refractivity contribution in [2.45, 2.75) is 38.8 Å². The molecule has 0 bridgehead atoms. The molecule has 0 saturated carbocycles. The maximum Gasteiger partial charge on any atom is 0.240 e. The number of hydrogen-bond donors (Lipinski definition) is 1. The SMILES string of the molecule is CC(C)Oc1ccccc1[C@H](CC(F)F)N1CCNCC1. The monoisotopic (exact) mass is 298 g/mol. The highest BCUT2D eigenvalue weighted by atomic mass is 19.3. The normalized spacial score (nSPS) is 18.2. The second kappa shape index (κ2) is 7.71. The number of ether oxygens (including phenoxy) is 1. The lowest BCUT2D eigenvalue weighted by Gasteiger charge is -2.36. The summed E-state index contributed by atoms with van der Waals surface area (Å²) in [4.78, 5) is 2.13. The van der Waals surface area contributed by atoms with Gasteiger partial charge in [0.25, 0.3) is 0 Å². The molecule has 21 heavy (non-hydrogen) atoms. The van der Waals surface area contributed by atoms with Gasteiger partial charge in [-0.2, -0.15) is 0 Å². The molecule has 1 aromatic carbocycles. The Labute approximate surface area is 125 Å². The van der Waals surface area contributed by atoms with Gasteiger partial charge in [0, 0.05) is 44.2 Å². The Morgan fingerprint density at radius 1 is 1.19 bits per heavy atom. The van der Waals surface area contributed by atoms with Crippen LogP contribution in [0.3, 0.4) is 0 Å². The van der Waals surface area contributed by atoms with E-state index in [-0.39, 0.29) is 18.6 Å². The number of hydrogen-bond acceptors (Lipinski definition) is 3. The topological polar surface area (TPSA) is 24.5 Å². The zero-order valence-electron chi connectivity index (χ0n) is 12.7. The van der Waals surface area contributed by atoms with E-state index in [9.17, 15) is 8.78 Å². The Hall–Kier alpha value is -1.20. The summed E-state index contributed by atoms with van der Waals surface area (Å²) >= 11 is 0. The van der Waals surface area contributed by atoms with E-state index in [1.54, 1.807) is 0 Å². The van der Waals surface area contributed by atoms with Crippen molar-refractivity contribution in [3.05, 3.63) is 29.8 Å². The molecule has 2 rings (SSSR count). The molecule has 5 heteroatoms. The zero-order valence-corrected chi connectivity index (χ0v) is 12.7. The highest BCUT2D eigenvalue weighted by Crippen LogP contribution is 2.34. The Balaban J connectivity index is 2.26. The van der Waals surface area contributed by atoms with Gasteiger partial charge in [0.1, 0.15) is 5.75 Å². The van der Waals surface area contributed by atoms with Crippen LogP contribution in [-0.2, 0) is 0 Å². The zero-order chi connectivity index (χ0) is 15.2. The van der Waals surface area contributed by atoms with Gasteiger partial charge in [-0.25, -0.2) is 8.78 Å². The number of para-hydroxylation sites is 1. The van der Waals surface area contributed by atoms with Crippen LogP contribution in [0.2, 0.25) is 0 Å². The smallest absolute Gasteiger partial charge is 0.240 e. The Morgan fingerprint density at radius 2 is 1.86 bits per heavy atom. The van der Waals surface area contributed by atoms with Crippen molar-refractivity contribution < 1.29 is 13.5 Å². The lowest BCUT2D eigenvalue weighted by Crippen LogP contribution is -2.45. The number of rotatable bonds is 6. The molecule has 0 unspecified atom stereocenters. The molecule has 0 spiro atoms. The molecule has 0 amide bonds. The van der Waals surface area contributed by atoms with Gasteiger partial charge in [-0.3, -0.25) is 4.90 Å². The minimum Gasteiger partial charge on any atom is -0.491 e. The van der Waals surface area contributed by atoms with E-state index >= 15 is 0 Å². The number of piperazine rings is 1. The van der Waals surface area contributed by atoms with Crippen LogP contribution in [0, 0.1) is 0 Å². The number of halogens is 2. The lowest BCUT2D eigenvalue weighted by atomic mass is 10.00. The third-order valence-corrected chi connectivity index (χ3v) is 3.63. The molecule has 0 radical (unpaired) electrons. The number of nitrogens with one attached hydrogen (secondary N) is 1. The lowest BCUT2D eigenvalue weighted by molar-refractivity contribution is 0.0721. The van der Waals surface area contributed by atoms with Gasteiger partial charge in [-0.1, -0.05) is 18.2 Å². The molecule has 1 fully saturated rings. The van der Waals surface area contributed by atoms with Gasteiger partial charge in [-0.15, -0.1) is 0 Å². The van der Waals surface area contributed by atoms with E-state index < -0.39 is 6.43 Å². The van der Waals surface area contributed by atoms with Crippen LogP contribution in [0.25, 0.3) is 0 Å². The highest BCUT2D eigenvalue weighted by Gasteiger charge is 2.27. The van der Waals surface area contributed by atoms with Gasteiger partial charge < -0.3 is 10.1 Å². The summed E-state index contributed by atoms with van der Waals surface area (Å²) in [6, 6.07) is 7.27. The number of nitrogens with zero attached hydrogens (tertiary/aromatic N) is 1. The third kappa shape index (κ3) is 4.64. The summed E-state index contributed by atoms with van der Waals surface area (Å²) in [6.07, 6.45) is -2.45. The van der Waals surface area contributed by atoms with Gasteiger partial charge >= 0.3 is 0 Å². The third-order valence-electron chi connectivity index (χ3n) is 3.63. The molecule has 3 nitrogen and oxygen atoms in total. The van der Waals surface area contributed by atoms with E-state index in [2.05, 4.69) is 10.2 Å². The fourth-order valence-corrected chi connectivity index (χ4v) is 2.75. The average Bonchev–Trinajstić information content (AvgIpc) is 2.46. The standard InChI is InChI=1S/C16H24F2N2O/c1-12(2)21-15-6-4-3-5-13(15)14(11-16(17)18)20-9-7-19-8-10-20/h3-6,12,14,16,19H,7-11H2,1-2H3/t14-/m0/s1. The van der Waals surface area contributed by atoms with Crippen molar-refractivity contribution in [3.63, 3.8) is 0 Å². The van der Waals surface area contributed by atoms with Crippen LogP contribution in [0.15, 0.2) is 24.3 Å². The van der Waals surface area contributed by atoms with Crippen molar-refractivity contribution in [1.29, 1.82) is 0 Å². The molecule has 1 aromatic rings. The molecule has 1 N–H and O–H groups in total. The summed E-state index contributed by atoms with van der Waals surface area (Å²) in [5.74, 6) is 0.719. The second-order valence-electron chi connectivity index (χ2n) is 5.63. The number of alkyl halides is 2. The van der Waals surface area contributed by atoms with Gasteiger partial charge in [-0.05, 0) is 19.9 Å². The largest absolute Gasteiger partial charge is 0.491 e. The van der Waals surface area contributed by atoms with Crippen LogP contribution in [-0.4, -0.2) is 43.6 Å². The summed E-state index contributed by atoms with van der Waals surface area (Å²) in [7, 11) is 0. The Kier molecular flexibility index (Phi) is 5.94. The Morgan fingerprint density at radius 3 is 2.48 bits per heavy atom. The first kappa shape index (κ1) is 16.2. The van der Waals surface area contributed by atoms with Gasteiger partial charge in [0.2, 0.25) is 6.43 Å². The highest BCUT2D eigenvalue weighted by molar-refractivity contribution is 5.36. The van der Waals surface area contributed by atoms with E-state index in [4.69, 9.17) is 4.74 Å². The van der Waals surface area contributed by atoms with E-state index in [1.165, 1.54) is 0 Å². The number of benzene rings is 1. The van der Waals surface area contributed by atoms with Crippen molar-refractivity contribution >= 4 is 0 Å². The van der Waals surface area contributed by atoms with Gasteiger partial charge in [0.15, 0.2) is 0 Å². The van der Waals surface area contributed by atoms with Crippen LogP contribution < -0.4 is 10.1 Å². The first-order valence-electron chi connectivity index (χ1n) is 7.56. The van der Waals surface area contributed by atoms with Crippen LogP contribution in [0.4, 0.5) is 8.78 Å². The predicted octanol–water partition coefficient (Wildman–Crippen LogP) is 3.08. The first-order valence-corrected chi connectivity index (χ1v) is 7.56. The average molecular weight is 298 g/mol. The Bertz CT molecular complexity index is 434. The minimum absolute atomic E-state index is 0.0290. The molecule has 118 valence electrons. The second-order valence-corrected chi connectivity index (χ2v) is 5.63. The van der Waals surface area contributed by atoms with Crippen molar-refractivity contribution in [2.75, 3.05) is 26.2 Å². The summed E-state index contributed by atoms with van der Waals surface area (Å²) in [5.41, 5.74) is 0.869. The van der Waals surface area contributed by atoms with Crippen LogP contribution in [0.5, 0.6) is 5.75 Å². The summed E-state index contributed by atoms with van der Waals surface area (Å²) < 4.78 is 31.9. The molecule has 1 atom stereocenters. The maximum absolute atomic E-state index is 13.0. The van der Waals surface area contributed by atoms with E-state index in [1.807, 2.05) is 38.1 Å². The summed E-state index contributed by atoms with van der Waals surface area (Å²) in [6.45, 7) is 7.15. The van der Waals surface area contributed by atoms with Crippen molar-refractivity contribution in [1.82, 2.24) is 10.2 Å². The molecule has 1 saturated heterocycles. The fraction of sp³-hybridized carbons (Fsp3) is 0.625. The maximum atomic E-state index is 13.0. The van der Waals surface area contributed by atoms with E-state index in [0.29, 0.717) is 0 Å². The quantitative estimate of drug-likeness (QED) is 0.873. The molecule has 1 aliphatic rings. The van der Waals surface area contributed by atoms with Crippen molar-refractivity contribution in [2.24, 2.45) is 0 Å². The first-order chi connectivity index (χ1) is 10.1. The van der Waals surface area contributed by atoms with Crippen LogP contribution >= 0.6 is 0 Å². The fourth-order valence-electron chi connectivity index (χ4n) is 2.75.